The Bertz CT molecular complexity index is 340. The van der Waals surface area contributed by atoms with Gasteiger partial charge in [-0.05, 0) is 32.2 Å². The number of hydrogen-bond donors (Lipinski definition) is 1. The molecule has 1 heterocycles. The summed E-state index contributed by atoms with van der Waals surface area (Å²) in [5.41, 5.74) is 5.40. The molecule has 3 nitrogen and oxygen atoms in total. The summed E-state index contributed by atoms with van der Waals surface area (Å²) >= 11 is 1.67. The molecule has 0 aliphatic heterocycles. The van der Waals surface area contributed by atoms with Crippen LogP contribution < -0.4 is 5.73 Å². The smallest absolute Gasteiger partial charge is 0.224 e. The third-order valence-electron chi connectivity index (χ3n) is 2.54. The van der Waals surface area contributed by atoms with Crippen LogP contribution in [-0.2, 0) is 4.79 Å². The minimum absolute atomic E-state index is 0.0911. The highest BCUT2D eigenvalue weighted by atomic mass is 32.1. The second kappa shape index (κ2) is 4.97. The van der Waals surface area contributed by atoms with Gasteiger partial charge in [0.15, 0.2) is 0 Å². The van der Waals surface area contributed by atoms with Gasteiger partial charge in [0.05, 0.1) is 6.04 Å². The third-order valence-corrected chi connectivity index (χ3v) is 3.58. The number of carbonyl (C=O) groups excluding carboxylic acids is 1. The molecular formula is C12H20N2OS. The molecule has 0 saturated heterocycles. The lowest BCUT2D eigenvalue weighted by Crippen LogP contribution is -2.40. The van der Waals surface area contributed by atoms with Crippen LogP contribution in [0.3, 0.4) is 0 Å². The molecule has 1 aromatic heterocycles. The van der Waals surface area contributed by atoms with Crippen LogP contribution in [0.15, 0.2) is 17.5 Å². The zero-order chi connectivity index (χ0) is 12.3. The highest BCUT2D eigenvalue weighted by Crippen LogP contribution is 2.24. The fourth-order valence-electron chi connectivity index (χ4n) is 1.45. The standard InChI is InChI=1S/C12H20N2OS/c1-9(10-6-5-7-16-10)14(4)11(15)8-12(2,3)13/h5-7,9H,8,13H2,1-4H3. The second-order valence-electron chi connectivity index (χ2n) is 4.86. The van der Waals surface area contributed by atoms with Crippen LogP contribution in [-0.4, -0.2) is 23.4 Å². The predicted octanol–water partition coefficient (Wildman–Crippen LogP) is 2.39. The molecule has 1 atom stereocenters. The van der Waals surface area contributed by atoms with Crippen LogP contribution in [0.25, 0.3) is 0 Å². The largest absolute Gasteiger partial charge is 0.338 e. The number of hydrogen-bond acceptors (Lipinski definition) is 3. The van der Waals surface area contributed by atoms with Crippen molar-refractivity contribution in [1.29, 1.82) is 0 Å². The van der Waals surface area contributed by atoms with Gasteiger partial charge in [-0.3, -0.25) is 4.79 Å². The van der Waals surface area contributed by atoms with Crippen molar-refractivity contribution in [1.82, 2.24) is 4.90 Å². The maximum Gasteiger partial charge on any atom is 0.224 e. The first-order valence-electron chi connectivity index (χ1n) is 5.39. The molecule has 0 saturated carbocycles. The van der Waals surface area contributed by atoms with Crippen LogP contribution in [0.1, 0.15) is 38.1 Å². The summed E-state index contributed by atoms with van der Waals surface area (Å²) in [4.78, 5) is 14.9. The lowest BCUT2D eigenvalue weighted by atomic mass is 10.0. The lowest BCUT2D eigenvalue weighted by Gasteiger charge is -2.27. The minimum Gasteiger partial charge on any atom is -0.338 e. The summed E-state index contributed by atoms with van der Waals surface area (Å²) in [5, 5.41) is 2.02. The Balaban J connectivity index is 2.64. The summed E-state index contributed by atoms with van der Waals surface area (Å²) in [6, 6.07) is 4.17. The van der Waals surface area contributed by atoms with Crippen molar-refractivity contribution in [2.45, 2.75) is 38.8 Å². The first kappa shape index (κ1) is 13.2. The summed E-state index contributed by atoms with van der Waals surface area (Å²) in [5.74, 6) is 0.0911. The number of nitrogens with two attached hydrogens (primary N) is 1. The quantitative estimate of drug-likeness (QED) is 0.878. The van der Waals surface area contributed by atoms with Gasteiger partial charge in [-0.25, -0.2) is 0 Å². The third kappa shape index (κ3) is 3.61. The molecule has 0 aromatic carbocycles. The zero-order valence-corrected chi connectivity index (χ0v) is 11.2. The highest BCUT2D eigenvalue weighted by Gasteiger charge is 2.23. The molecule has 1 amide bonds. The van der Waals surface area contributed by atoms with E-state index in [-0.39, 0.29) is 11.9 Å². The van der Waals surface area contributed by atoms with E-state index in [4.69, 9.17) is 5.73 Å². The fraction of sp³-hybridized carbons (Fsp3) is 0.583. The Labute approximate surface area is 101 Å². The van der Waals surface area contributed by atoms with Gasteiger partial charge in [-0.15, -0.1) is 11.3 Å². The molecule has 2 N–H and O–H groups in total. The van der Waals surface area contributed by atoms with Crippen LogP contribution >= 0.6 is 11.3 Å². The first-order valence-corrected chi connectivity index (χ1v) is 6.27. The van der Waals surface area contributed by atoms with Gasteiger partial charge in [0, 0.05) is 23.9 Å². The zero-order valence-electron chi connectivity index (χ0n) is 10.4. The topological polar surface area (TPSA) is 46.3 Å². The molecule has 0 radical (unpaired) electrons. The van der Waals surface area contributed by atoms with Crippen molar-refractivity contribution in [3.8, 4) is 0 Å². The Kier molecular flexibility index (Phi) is 4.10. The Morgan fingerprint density at radius 3 is 2.69 bits per heavy atom. The molecule has 16 heavy (non-hydrogen) atoms. The van der Waals surface area contributed by atoms with E-state index in [1.165, 1.54) is 4.88 Å². The average molecular weight is 240 g/mol. The van der Waals surface area contributed by atoms with Crippen molar-refractivity contribution in [3.63, 3.8) is 0 Å². The summed E-state index contributed by atoms with van der Waals surface area (Å²) in [6.07, 6.45) is 0.374. The minimum atomic E-state index is -0.444. The average Bonchev–Trinajstić information content (AvgIpc) is 2.65. The lowest BCUT2D eigenvalue weighted by molar-refractivity contribution is -0.132. The maximum absolute atomic E-state index is 11.9. The normalized spacial score (nSPS) is 13.6. The van der Waals surface area contributed by atoms with Crippen LogP contribution in [0.2, 0.25) is 0 Å². The predicted molar refractivity (Wildman–Crippen MR) is 68.4 cm³/mol. The number of rotatable bonds is 4. The molecule has 1 rings (SSSR count). The summed E-state index contributed by atoms with van der Waals surface area (Å²) in [7, 11) is 1.83. The van der Waals surface area contributed by atoms with Crippen molar-refractivity contribution in [2.24, 2.45) is 5.73 Å². The Hall–Kier alpha value is -0.870. The Morgan fingerprint density at radius 1 is 1.62 bits per heavy atom. The Morgan fingerprint density at radius 2 is 2.25 bits per heavy atom. The molecule has 1 aromatic rings. The van der Waals surface area contributed by atoms with Crippen molar-refractivity contribution in [2.75, 3.05) is 7.05 Å². The van der Waals surface area contributed by atoms with E-state index in [0.717, 1.165) is 0 Å². The second-order valence-corrected chi connectivity index (χ2v) is 5.84. The van der Waals surface area contributed by atoms with Crippen molar-refractivity contribution in [3.05, 3.63) is 22.4 Å². The van der Waals surface area contributed by atoms with Crippen LogP contribution in [0.4, 0.5) is 0 Å². The number of amides is 1. The summed E-state index contributed by atoms with van der Waals surface area (Å²) < 4.78 is 0. The molecule has 1 unspecified atom stereocenters. The van der Waals surface area contributed by atoms with Gasteiger partial charge in [-0.2, -0.15) is 0 Å². The van der Waals surface area contributed by atoms with Crippen LogP contribution in [0.5, 0.6) is 0 Å². The molecule has 90 valence electrons. The molecule has 0 bridgehead atoms. The molecule has 0 aliphatic rings. The molecular weight excluding hydrogens is 220 g/mol. The van der Waals surface area contributed by atoms with Gasteiger partial charge in [0.1, 0.15) is 0 Å². The SMILES string of the molecule is CC(c1cccs1)N(C)C(=O)CC(C)(C)N. The van der Waals surface area contributed by atoms with E-state index < -0.39 is 5.54 Å². The van der Waals surface area contributed by atoms with Gasteiger partial charge >= 0.3 is 0 Å². The van der Waals surface area contributed by atoms with E-state index >= 15 is 0 Å². The number of carbonyl (C=O) groups is 1. The molecule has 0 spiro atoms. The maximum atomic E-state index is 11.9. The molecule has 0 fully saturated rings. The van der Waals surface area contributed by atoms with E-state index in [0.29, 0.717) is 6.42 Å². The summed E-state index contributed by atoms with van der Waals surface area (Å²) in [6.45, 7) is 5.77. The molecule has 4 heteroatoms. The highest BCUT2D eigenvalue weighted by molar-refractivity contribution is 7.10. The van der Waals surface area contributed by atoms with Gasteiger partial charge < -0.3 is 10.6 Å². The van der Waals surface area contributed by atoms with E-state index in [9.17, 15) is 4.79 Å². The van der Waals surface area contributed by atoms with Gasteiger partial charge in [0.2, 0.25) is 5.91 Å². The van der Waals surface area contributed by atoms with Crippen molar-refractivity contribution < 1.29 is 4.79 Å². The first-order chi connectivity index (χ1) is 7.31. The van der Waals surface area contributed by atoms with Crippen molar-refractivity contribution >= 4 is 17.2 Å². The monoisotopic (exact) mass is 240 g/mol. The van der Waals surface area contributed by atoms with Gasteiger partial charge in [0.25, 0.3) is 0 Å². The van der Waals surface area contributed by atoms with E-state index in [1.807, 2.05) is 45.3 Å². The fourth-order valence-corrected chi connectivity index (χ4v) is 2.28. The number of nitrogens with zero attached hydrogens (tertiary/aromatic N) is 1. The van der Waals surface area contributed by atoms with Gasteiger partial charge in [-0.1, -0.05) is 6.07 Å². The molecule has 0 aliphatic carbocycles. The van der Waals surface area contributed by atoms with E-state index in [2.05, 4.69) is 0 Å². The number of thiophene rings is 1. The van der Waals surface area contributed by atoms with Crippen LogP contribution in [0, 0.1) is 0 Å². The van der Waals surface area contributed by atoms with E-state index in [1.54, 1.807) is 16.2 Å².